The van der Waals surface area contributed by atoms with Crippen LogP contribution in [0.25, 0.3) is 0 Å². The molecule has 0 saturated carbocycles. The van der Waals surface area contributed by atoms with Crippen LogP contribution < -0.4 is 9.46 Å². The van der Waals surface area contributed by atoms with Crippen LogP contribution in [0.3, 0.4) is 0 Å². The highest BCUT2D eigenvalue weighted by Crippen LogP contribution is 2.27. The molecule has 2 aromatic rings. The van der Waals surface area contributed by atoms with Crippen LogP contribution in [0.1, 0.15) is 30.9 Å². The van der Waals surface area contributed by atoms with Gasteiger partial charge in [0.2, 0.25) is 0 Å². The van der Waals surface area contributed by atoms with E-state index in [-0.39, 0.29) is 4.90 Å². The SMILES string of the molecule is COc1ccc(C)cc1S(=O)(=O)Nc1ccc(CN2CCC(C)CC2)cc1. The molecular formula is C21H28N2O3S. The summed E-state index contributed by atoms with van der Waals surface area (Å²) in [5.41, 5.74) is 2.61. The van der Waals surface area contributed by atoms with Crippen LogP contribution in [0.15, 0.2) is 47.4 Å². The first-order chi connectivity index (χ1) is 12.9. The molecule has 1 heterocycles. The molecule has 146 valence electrons. The number of aryl methyl sites for hydroxylation is 1. The second-order valence-corrected chi connectivity index (χ2v) is 9.07. The van der Waals surface area contributed by atoms with Gasteiger partial charge in [0.1, 0.15) is 10.6 Å². The van der Waals surface area contributed by atoms with E-state index in [2.05, 4.69) is 16.5 Å². The summed E-state index contributed by atoms with van der Waals surface area (Å²) in [6.07, 6.45) is 2.49. The Kier molecular flexibility index (Phi) is 6.07. The number of rotatable bonds is 6. The van der Waals surface area contributed by atoms with Crippen LogP contribution in [0.5, 0.6) is 5.75 Å². The fourth-order valence-electron chi connectivity index (χ4n) is 3.36. The van der Waals surface area contributed by atoms with Gasteiger partial charge in [-0.2, -0.15) is 0 Å². The van der Waals surface area contributed by atoms with E-state index >= 15 is 0 Å². The zero-order valence-corrected chi connectivity index (χ0v) is 17.1. The van der Waals surface area contributed by atoms with Crippen LogP contribution in [0.2, 0.25) is 0 Å². The highest BCUT2D eigenvalue weighted by Gasteiger charge is 2.20. The molecule has 0 bridgehead atoms. The first-order valence-corrected chi connectivity index (χ1v) is 10.8. The molecule has 0 amide bonds. The van der Waals surface area contributed by atoms with E-state index in [0.29, 0.717) is 11.4 Å². The van der Waals surface area contributed by atoms with Crippen molar-refractivity contribution in [2.45, 2.75) is 38.1 Å². The van der Waals surface area contributed by atoms with E-state index in [4.69, 9.17) is 4.74 Å². The van der Waals surface area contributed by atoms with Crippen molar-refractivity contribution in [2.75, 3.05) is 24.9 Å². The van der Waals surface area contributed by atoms with Gasteiger partial charge in [0, 0.05) is 12.2 Å². The lowest BCUT2D eigenvalue weighted by Crippen LogP contribution is -2.32. The average molecular weight is 389 g/mol. The maximum absolute atomic E-state index is 12.8. The summed E-state index contributed by atoms with van der Waals surface area (Å²) in [5, 5.41) is 0. The summed E-state index contributed by atoms with van der Waals surface area (Å²) in [6, 6.07) is 12.7. The Labute approximate surface area is 162 Å². The number of hydrogen-bond acceptors (Lipinski definition) is 4. The number of sulfonamides is 1. The molecule has 1 aliphatic rings. The monoisotopic (exact) mass is 388 g/mol. The average Bonchev–Trinajstić information content (AvgIpc) is 2.65. The molecular weight excluding hydrogens is 360 g/mol. The Balaban J connectivity index is 1.70. The van der Waals surface area contributed by atoms with Crippen LogP contribution in [0.4, 0.5) is 5.69 Å². The zero-order chi connectivity index (χ0) is 19.4. The van der Waals surface area contributed by atoms with Gasteiger partial charge in [-0.25, -0.2) is 8.42 Å². The molecule has 1 aliphatic heterocycles. The summed E-state index contributed by atoms with van der Waals surface area (Å²) < 4.78 is 33.4. The lowest BCUT2D eigenvalue weighted by atomic mass is 9.99. The number of benzene rings is 2. The summed E-state index contributed by atoms with van der Waals surface area (Å²) in [4.78, 5) is 2.60. The molecule has 1 fully saturated rings. The number of ether oxygens (including phenoxy) is 1. The van der Waals surface area contributed by atoms with E-state index in [1.54, 1.807) is 12.1 Å². The molecule has 2 aromatic carbocycles. The predicted octanol–water partition coefficient (Wildman–Crippen LogP) is 4.04. The van der Waals surface area contributed by atoms with Crippen LogP contribution in [0, 0.1) is 12.8 Å². The molecule has 0 radical (unpaired) electrons. The van der Waals surface area contributed by atoms with Gasteiger partial charge < -0.3 is 4.74 Å². The highest BCUT2D eigenvalue weighted by atomic mass is 32.2. The van der Waals surface area contributed by atoms with Crippen molar-refractivity contribution in [1.82, 2.24) is 4.90 Å². The highest BCUT2D eigenvalue weighted by molar-refractivity contribution is 7.92. The molecule has 6 heteroatoms. The molecule has 27 heavy (non-hydrogen) atoms. The zero-order valence-electron chi connectivity index (χ0n) is 16.2. The fraction of sp³-hybridized carbons (Fsp3) is 0.429. The maximum atomic E-state index is 12.8. The molecule has 1 N–H and O–H groups in total. The topological polar surface area (TPSA) is 58.6 Å². The minimum atomic E-state index is -3.71. The molecule has 0 atom stereocenters. The van der Waals surface area contributed by atoms with Crippen LogP contribution >= 0.6 is 0 Å². The number of methoxy groups -OCH3 is 1. The quantitative estimate of drug-likeness (QED) is 0.811. The smallest absolute Gasteiger partial charge is 0.265 e. The molecule has 0 aliphatic carbocycles. The van der Waals surface area contributed by atoms with Crippen molar-refractivity contribution < 1.29 is 13.2 Å². The Hall–Kier alpha value is -2.05. The summed E-state index contributed by atoms with van der Waals surface area (Å²) >= 11 is 0. The minimum Gasteiger partial charge on any atom is -0.495 e. The second kappa shape index (κ2) is 8.31. The number of anilines is 1. The molecule has 0 spiro atoms. The summed E-state index contributed by atoms with van der Waals surface area (Å²) in [5.74, 6) is 1.15. The molecule has 0 aromatic heterocycles. The Morgan fingerprint density at radius 3 is 2.41 bits per heavy atom. The van der Waals surface area contributed by atoms with Crippen molar-refractivity contribution in [2.24, 2.45) is 5.92 Å². The minimum absolute atomic E-state index is 0.150. The number of likely N-dealkylation sites (tertiary alicyclic amines) is 1. The van der Waals surface area contributed by atoms with Gasteiger partial charge in [0.15, 0.2) is 0 Å². The third-order valence-corrected chi connectivity index (χ3v) is 6.50. The number of hydrogen-bond donors (Lipinski definition) is 1. The Morgan fingerprint density at radius 1 is 1.11 bits per heavy atom. The van der Waals surface area contributed by atoms with Gasteiger partial charge in [0.25, 0.3) is 10.0 Å². The summed E-state index contributed by atoms with van der Waals surface area (Å²) in [6.45, 7) is 7.33. The lowest BCUT2D eigenvalue weighted by molar-refractivity contribution is 0.185. The van der Waals surface area contributed by atoms with Crippen LogP contribution in [-0.4, -0.2) is 33.5 Å². The van der Waals surface area contributed by atoms with Crippen molar-refractivity contribution in [3.63, 3.8) is 0 Å². The second-order valence-electron chi connectivity index (χ2n) is 7.42. The van der Waals surface area contributed by atoms with E-state index in [1.807, 2.05) is 37.3 Å². The summed E-state index contributed by atoms with van der Waals surface area (Å²) in [7, 11) is -2.24. The standard InChI is InChI=1S/C21H28N2O3S/c1-16-10-12-23(13-11-16)15-18-5-7-19(8-6-18)22-27(24,25)21-14-17(2)4-9-20(21)26-3/h4-9,14,16,22H,10-13,15H2,1-3H3. The fourth-order valence-corrected chi connectivity index (χ4v) is 4.67. The Bertz CT molecular complexity index is 871. The van der Waals surface area contributed by atoms with Gasteiger partial charge in [-0.1, -0.05) is 25.1 Å². The van der Waals surface area contributed by atoms with Crippen molar-refractivity contribution in [3.8, 4) is 5.75 Å². The van der Waals surface area contributed by atoms with Gasteiger partial charge >= 0.3 is 0 Å². The number of nitrogens with one attached hydrogen (secondary N) is 1. The van der Waals surface area contributed by atoms with Gasteiger partial charge in [0.05, 0.1) is 7.11 Å². The third-order valence-electron chi connectivity index (χ3n) is 5.10. The Morgan fingerprint density at radius 2 is 1.78 bits per heavy atom. The van der Waals surface area contributed by atoms with Crippen molar-refractivity contribution in [1.29, 1.82) is 0 Å². The third kappa shape index (κ3) is 5.02. The van der Waals surface area contributed by atoms with Gasteiger partial charge in [-0.05, 0) is 74.2 Å². The van der Waals surface area contributed by atoms with Gasteiger partial charge in [-0.3, -0.25) is 9.62 Å². The van der Waals surface area contributed by atoms with Crippen LogP contribution in [-0.2, 0) is 16.6 Å². The van der Waals surface area contributed by atoms with Crippen molar-refractivity contribution >= 4 is 15.7 Å². The predicted molar refractivity (Wildman–Crippen MR) is 109 cm³/mol. The van der Waals surface area contributed by atoms with Gasteiger partial charge in [-0.15, -0.1) is 0 Å². The van der Waals surface area contributed by atoms with E-state index < -0.39 is 10.0 Å². The normalized spacial score (nSPS) is 16.3. The maximum Gasteiger partial charge on any atom is 0.265 e. The molecule has 0 unspecified atom stereocenters. The lowest BCUT2D eigenvalue weighted by Gasteiger charge is -2.30. The number of piperidine rings is 1. The molecule has 5 nitrogen and oxygen atoms in total. The number of nitrogens with zero attached hydrogens (tertiary/aromatic N) is 1. The van der Waals surface area contributed by atoms with E-state index in [1.165, 1.54) is 25.5 Å². The van der Waals surface area contributed by atoms with E-state index in [9.17, 15) is 8.42 Å². The first kappa shape index (κ1) is 19.7. The first-order valence-electron chi connectivity index (χ1n) is 9.36. The molecule has 1 saturated heterocycles. The van der Waals surface area contributed by atoms with Crippen molar-refractivity contribution in [3.05, 3.63) is 53.6 Å². The largest absolute Gasteiger partial charge is 0.495 e. The molecule has 3 rings (SSSR count). The van der Waals surface area contributed by atoms with E-state index in [0.717, 1.165) is 31.1 Å².